The van der Waals surface area contributed by atoms with Gasteiger partial charge < -0.3 is 20.1 Å². The Balaban J connectivity index is 1.51. The fourth-order valence-electron chi connectivity index (χ4n) is 4.67. The van der Waals surface area contributed by atoms with E-state index in [1.165, 1.54) is 51.4 Å². The van der Waals surface area contributed by atoms with Crippen LogP contribution in [0.25, 0.3) is 0 Å². The molecule has 0 aromatic heterocycles. The van der Waals surface area contributed by atoms with Gasteiger partial charge in [-0.05, 0) is 49.9 Å². The summed E-state index contributed by atoms with van der Waals surface area (Å²) in [5, 5.41) is 5.97. The van der Waals surface area contributed by atoms with Crippen molar-refractivity contribution in [3.05, 3.63) is 48.5 Å². The summed E-state index contributed by atoms with van der Waals surface area (Å²) in [6.45, 7) is 5.86. The Morgan fingerprint density at radius 3 is 1.37 bits per heavy atom. The third-order valence-corrected chi connectivity index (χ3v) is 7.08. The summed E-state index contributed by atoms with van der Waals surface area (Å²) in [5.41, 5.74) is 1.56. The minimum Gasteiger partial charge on any atom is -0.494 e. The average Bonchev–Trinajstić information content (AvgIpc) is 2.96. The molecule has 2 rings (SSSR count). The summed E-state index contributed by atoms with van der Waals surface area (Å²) < 4.78 is 11.7. The Morgan fingerprint density at radius 2 is 0.927 bits per heavy atom. The first kappa shape index (κ1) is 34.2. The van der Waals surface area contributed by atoms with E-state index in [-0.39, 0.29) is 11.8 Å². The summed E-state index contributed by atoms with van der Waals surface area (Å²) in [6.07, 6.45) is 17.7. The zero-order chi connectivity index (χ0) is 29.4. The van der Waals surface area contributed by atoms with Gasteiger partial charge in [0.1, 0.15) is 11.5 Å². The number of carbonyl (C=O) groups is 2. The fraction of sp³-hybridized carbons (Fsp3) is 0.600. The highest BCUT2D eigenvalue weighted by Gasteiger charge is 2.06. The Morgan fingerprint density at radius 1 is 0.537 bits per heavy atom. The minimum absolute atomic E-state index is 0.0313. The van der Waals surface area contributed by atoms with Crippen LogP contribution in [0.2, 0.25) is 0 Å². The lowest BCUT2D eigenvalue weighted by Crippen LogP contribution is -2.11. The Hall–Kier alpha value is -3.02. The van der Waals surface area contributed by atoms with Crippen molar-refractivity contribution < 1.29 is 19.1 Å². The first-order chi connectivity index (χ1) is 20.1. The molecule has 2 aromatic rings. The first-order valence-corrected chi connectivity index (χ1v) is 16.2. The maximum atomic E-state index is 12.4. The standard InChI is InChI=1S/C35H54N2O4/c1-3-5-7-12-16-26-40-32-22-18-20-30(28-32)36-34(38)24-14-10-9-11-15-25-35(39)37-31-21-19-23-33(29-31)41-27-17-13-8-6-4-2/h18-23,28-29H,3-17,24-27H2,1-2H3,(H,36,38)(H,37,39). The predicted octanol–water partition coefficient (Wildman–Crippen LogP) is 9.69. The van der Waals surface area contributed by atoms with E-state index >= 15 is 0 Å². The van der Waals surface area contributed by atoms with Crippen molar-refractivity contribution in [3.8, 4) is 11.5 Å². The van der Waals surface area contributed by atoms with Crippen molar-refractivity contribution in [1.82, 2.24) is 0 Å². The van der Waals surface area contributed by atoms with E-state index in [2.05, 4.69) is 24.5 Å². The zero-order valence-electron chi connectivity index (χ0n) is 25.7. The molecule has 0 aliphatic heterocycles. The monoisotopic (exact) mass is 566 g/mol. The van der Waals surface area contributed by atoms with Crippen LogP contribution in [0.1, 0.15) is 123 Å². The summed E-state index contributed by atoms with van der Waals surface area (Å²) >= 11 is 0. The first-order valence-electron chi connectivity index (χ1n) is 16.2. The van der Waals surface area contributed by atoms with Crippen LogP contribution in [-0.2, 0) is 9.59 Å². The summed E-state index contributed by atoms with van der Waals surface area (Å²) in [4.78, 5) is 24.7. The van der Waals surface area contributed by atoms with E-state index in [0.717, 1.165) is 67.8 Å². The maximum Gasteiger partial charge on any atom is 0.224 e. The normalized spacial score (nSPS) is 10.8. The summed E-state index contributed by atoms with van der Waals surface area (Å²) in [6, 6.07) is 15.3. The second-order valence-corrected chi connectivity index (χ2v) is 10.9. The molecule has 0 heterocycles. The topological polar surface area (TPSA) is 76.7 Å². The van der Waals surface area contributed by atoms with Gasteiger partial charge in [-0.3, -0.25) is 9.59 Å². The molecule has 2 amide bonds. The highest BCUT2D eigenvalue weighted by Crippen LogP contribution is 2.20. The van der Waals surface area contributed by atoms with Crippen molar-refractivity contribution in [2.75, 3.05) is 23.8 Å². The average molecular weight is 567 g/mol. The van der Waals surface area contributed by atoms with Gasteiger partial charge in [0.2, 0.25) is 11.8 Å². The van der Waals surface area contributed by atoms with E-state index < -0.39 is 0 Å². The van der Waals surface area contributed by atoms with Crippen molar-refractivity contribution in [2.24, 2.45) is 0 Å². The van der Waals surface area contributed by atoms with Gasteiger partial charge in [0.05, 0.1) is 13.2 Å². The van der Waals surface area contributed by atoms with Crippen LogP contribution in [0.5, 0.6) is 11.5 Å². The molecule has 0 aliphatic rings. The highest BCUT2D eigenvalue weighted by molar-refractivity contribution is 5.91. The van der Waals surface area contributed by atoms with Crippen molar-refractivity contribution in [3.63, 3.8) is 0 Å². The van der Waals surface area contributed by atoms with Crippen LogP contribution in [0.4, 0.5) is 11.4 Å². The van der Waals surface area contributed by atoms with Gasteiger partial charge in [-0.25, -0.2) is 0 Å². The third-order valence-electron chi connectivity index (χ3n) is 7.08. The second kappa shape index (κ2) is 22.6. The number of hydrogen-bond donors (Lipinski definition) is 2. The molecule has 2 aromatic carbocycles. The molecule has 0 aliphatic carbocycles. The molecule has 0 saturated carbocycles. The summed E-state index contributed by atoms with van der Waals surface area (Å²) in [5.74, 6) is 1.67. The molecular weight excluding hydrogens is 512 g/mol. The smallest absolute Gasteiger partial charge is 0.224 e. The van der Waals surface area contributed by atoms with Gasteiger partial charge in [-0.15, -0.1) is 0 Å². The Bertz CT molecular complexity index is 901. The number of hydrogen-bond acceptors (Lipinski definition) is 4. The number of rotatable bonds is 24. The minimum atomic E-state index is 0.0313. The van der Waals surface area contributed by atoms with Crippen LogP contribution in [0.15, 0.2) is 48.5 Å². The maximum absolute atomic E-state index is 12.4. The van der Waals surface area contributed by atoms with Crippen molar-refractivity contribution in [2.45, 2.75) is 123 Å². The van der Waals surface area contributed by atoms with Crippen molar-refractivity contribution in [1.29, 1.82) is 0 Å². The molecule has 0 saturated heterocycles. The van der Waals surface area contributed by atoms with Gasteiger partial charge >= 0.3 is 0 Å². The number of amides is 2. The molecule has 0 atom stereocenters. The molecule has 0 radical (unpaired) electrons. The van der Waals surface area contributed by atoms with Crippen molar-refractivity contribution >= 4 is 23.2 Å². The number of ether oxygens (including phenoxy) is 2. The third kappa shape index (κ3) is 17.4. The van der Waals surface area contributed by atoms with E-state index in [0.29, 0.717) is 26.1 Å². The molecular formula is C35H54N2O4. The van der Waals surface area contributed by atoms with Crippen LogP contribution < -0.4 is 20.1 Å². The van der Waals surface area contributed by atoms with Gasteiger partial charge in [-0.1, -0.05) is 96.6 Å². The quantitative estimate of drug-likeness (QED) is 0.124. The summed E-state index contributed by atoms with van der Waals surface area (Å²) in [7, 11) is 0. The van der Waals surface area contributed by atoms with Crippen LogP contribution in [0, 0.1) is 0 Å². The lowest BCUT2D eigenvalue weighted by Gasteiger charge is -2.10. The Kier molecular flexibility index (Phi) is 18.9. The molecule has 2 N–H and O–H groups in total. The van der Waals surface area contributed by atoms with Crippen LogP contribution >= 0.6 is 0 Å². The molecule has 0 unspecified atom stereocenters. The predicted molar refractivity (Wildman–Crippen MR) is 171 cm³/mol. The SMILES string of the molecule is CCCCCCCOc1cccc(NC(=O)CCCCCCCC(=O)Nc2cccc(OCCCCCCC)c2)c1. The lowest BCUT2D eigenvalue weighted by molar-refractivity contribution is -0.117. The number of carbonyl (C=O) groups excluding carboxylic acids is 2. The molecule has 228 valence electrons. The number of nitrogens with one attached hydrogen (secondary N) is 2. The Labute approximate surface area is 249 Å². The largest absolute Gasteiger partial charge is 0.494 e. The molecule has 6 heteroatoms. The number of unbranched alkanes of at least 4 members (excludes halogenated alkanes) is 12. The molecule has 0 fully saturated rings. The lowest BCUT2D eigenvalue weighted by atomic mass is 10.1. The highest BCUT2D eigenvalue weighted by atomic mass is 16.5. The van der Waals surface area contributed by atoms with Gasteiger partial charge in [-0.2, -0.15) is 0 Å². The molecule has 0 spiro atoms. The van der Waals surface area contributed by atoms with E-state index in [4.69, 9.17) is 9.47 Å². The zero-order valence-corrected chi connectivity index (χ0v) is 25.7. The van der Waals surface area contributed by atoms with E-state index in [9.17, 15) is 9.59 Å². The van der Waals surface area contributed by atoms with Gasteiger partial charge in [0.25, 0.3) is 0 Å². The fourth-order valence-corrected chi connectivity index (χ4v) is 4.67. The van der Waals surface area contributed by atoms with Gasteiger partial charge in [0.15, 0.2) is 0 Å². The van der Waals surface area contributed by atoms with E-state index in [1.807, 2.05) is 48.5 Å². The molecule has 41 heavy (non-hydrogen) atoms. The van der Waals surface area contributed by atoms with E-state index in [1.54, 1.807) is 0 Å². The molecule has 0 bridgehead atoms. The number of benzene rings is 2. The van der Waals surface area contributed by atoms with Gasteiger partial charge in [0, 0.05) is 36.3 Å². The van der Waals surface area contributed by atoms with Crippen LogP contribution in [-0.4, -0.2) is 25.0 Å². The number of anilines is 2. The second-order valence-electron chi connectivity index (χ2n) is 10.9. The van der Waals surface area contributed by atoms with Crippen LogP contribution in [0.3, 0.4) is 0 Å². The molecule has 6 nitrogen and oxygen atoms in total.